The van der Waals surface area contributed by atoms with Crippen LogP contribution in [0.2, 0.25) is 0 Å². The highest BCUT2D eigenvalue weighted by Crippen LogP contribution is 2.42. The predicted octanol–water partition coefficient (Wildman–Crippen LogP) is 3.76. The zero-order chi connectivity index (χ0) is 12.0. The van der Waals surface area contributed by atoms with Crippen LogP contribution >= 0.6 is 15.9 Å². The molecular formula is C14H18BrNO. The van der Waals surface area contributed by atoms with E-state index in [-0.39, 0.29) is 0 Å². The molecule has 0 aromatic heterocycles. The summed E-state index contributed by atoms with van der Waals surface area (Å²) in [4.78, 5) is 0. The molecule has 2 aliphatic rings. The monoisotopic (exact) mass is 295 g/mol. The quantitative estimate of drug-likeness (QED) is 0.917. The summed E-state index contributed by atoms with van der Waals surface area (Å²) in [6, 6.07) is 5.49. The van der Waals surface area contributed by atoms with Crippen molar-refractivity contribution in [3.8, 4) is 5.75 Å². The minimum Gasteiger partial charge on any atom is -0.491 e. The largest absolute Gasteiger partial charge is 0.491 e. The Hall–Kier alpha value is -0.540. The molecule has 1 fully saturated rings. The summed E-state index contributed by atoms with van der Waals surface area (Å²) in [6.45, 7) is 5.21. The lowest BCUT2D eigenvalue weighted by molar-refractivity contribution is 0.307. The lowest BCUT2D eigenvalue weighted by atomic mass is 9.97. The first-order chi connectivity index (χ1) is 8.15. The molecule has 2 nitrogen and oxygen atoms in total. The maximum atomic E-state index is 5.90. The molecule has 0 saturated heterocycles. The highest BCUT2D eigenvalue weighted by atomic mass is 79.9. The van der Waals surface area contributed by atoms with Gasteiger partial charge in [-0.25, -0.2) is 0 Å². The van der Waals surface area contributed by atoms with E-state index < -0.39 is 0 Å². The molecule has 1 aliphatic heterocycles. The number of nitrogens with one attached hydrogen (secondary N) is 1. The van der Waals surface area contributed by atoms with Crippen molar-refractivity contribution in [2.75, 3.05) is 6.61 Å². The van der Waals surface area contributed by atoms with Gasteiger partial charge in [0.25, 0.3) is 0 Å². The fraction of sp³-hybridized carbons (Fsp3) is 0.571. The average Bonchev–Trinajstić information content (AvgIpc) is 3.00. The molecule has 1 aliphatic carbocycles. The number of hydrogen-bond donors (Lipinski definition) is 1. The molecule has 0 spiro atoms. The zero-order valence-electron chi connectivity index (χ0n) is 10.3. The highest BCUT2D eigenvalue weighted by molar-refractivity contribution is 9.10. The van der Waals surface area contributed by atoms with Crippen LogP contribution in [0.3, 0.4) is 0 Å². The van der Waals surface area contributed by atoms with Crippen LogP contribution in [-0.4, -0.2) is 12.6 Å². The number of hydrogen-bond acceptors (Lipinski definition) is 2. The van der Waals surface area contributed by atoms with Gasteiger partial charge in [-0.2, -0.15) is 0 Å². The number of halogens is 1. The second kappa shape index (κ2) is 4.29. The molecule has 17 heavy (non-hydrogen) atoms. The number of fused-ring (bicyclic) bond motifs is 1. The first-order valence-electron chi connectivity index (χ1n) is 6.37. The van der Waals surface area contributed by atoms with Crippen molar-refractivity contribution in [1.82, 2.24) is 5.32 Å². The fourth-order valence-electron chi connectivity index (χ4n) is 2.42. The van der Waals surface area contributed by atoms with Gasteiger partial charge in [0, 0.05) is 16.1 Å². The Morgan fingerprint density at radius 1 is 1.35 bits per heavy atom. The molecule has 1 atom stereocenters. The third kappa shape index (κ3) is 2.23. The lowest BCUT2D eigenvalue weighted by Crippen LogP contribution is -2.24. The summed E-state index contributed by atoms with van der Waals surface area (Å²) in [5.74, 6) is 1.61. The molecule has 92 valence electrons. The number of ether oxygens (including phenoxy) is 1. The van der Waals surface area contributed by atoms with E-state index in [9.17, 15) is 0 Å². The van der Waals surface area contributed by atoms with E-state index in [2.05, 4.69) is 47.2 Å². The van der Waals surface area contributed by atoms with Gasteiger partial charge in [-0.3, -0.25) is 0 Å². The van der Waals surface area contributed by atoms with Gasteiger partial charge in [-0.05, 0) is 36.5 Å². The Morgan fingerprint density at radius 2 is 2.12 bits per heavy atom. The maximum absolute atomic E-state index is 5.90. The molecule has 3 rings (SSSR count). The van der Waals surface area contributed by atoms with Crippen LogP contribution in [0.5, 0.6) is 5.75 Å². The lowest BCUT2D eigenvalue weighted by Gasteiger charge is -2.13. The Labute approximate surface area is 111 Å². The van der Waals surface area contributed by atoms with Crippen LogP contribution in [-0.2, 0) is 0 Å². The van der Waals surface area contributed by atoms with Crippen molar-refractivity contribution in [3.63, 3.8) is 0 Å². The van der Waals surface area contributed by atoms with Gasteiger partial charge in [0.1, 0.15) is 12.4 Å². The molecule has 0 bridgehead atoms. The van der Waals surface area contributed by atoms with Gasteiger partial charge in [0.2, 0.25) is 0 Å². The van der Waals surface area contributed by atoms with Crippen LogP contribution in [0.15, 0.2) is 16.6 Å². The topological polar surface area (TPSA) is 21.3 Å². The van der Waals surface area contributed by atoms with Crippen molar-refractivity contribution < 1.29 is 4.74 Å². The Morgan fingerprint density at radius 3 is 2.76 bits per heavy atom. The molecule has 1 N–H and O–H groups in total. The molecule has 1 aromatic carbocycles. The zero-order valence-corrected chi connectivity index (χ0v) is 11.9. The summed E-state index contributed by atoms with van der Waals surface area (Å²) in [6.07, 6.45) is 2.63. The van der Waals surface area contributed by atoms with Crippen molar-refractivity contribution in [2.24, 2.45) is 0 Å². The smallest absolute Gasteiger partial charge is 0.127 e. The first kappa shape index (κ1) is 11.5. The third-order valence-corrected chi connectivity index (χ3v) is 3.97. The van der Waals surface area contributed by atoms with Crippen LogP contribution in [0.25, 0.3) is 0 Å². The Kier molecular flexibility index (Phi) is 2.91. The number of rotatable bonds is 3. The number of benzene rings is 1. The fourth-order valence-corrected chi connectivity index (χ4v) is 2.91. The van der Waals surface area contributed by atoms with Gasteiger partial charge < -0.3 is 10.1 Å². The third-order valence-electron chi connectivity index (χ3n) is 3.52. The average molecular weight is 296 g/mol. The first-order valence-corrected chi connectivity index (χ1v) is 7.16. The van der Waals surface area contributed by atoms with E-state index in [0.29, 0.717) is 12.0 Å². The van der Waals surface area contributed by atoms with Gasteiger partial charge in [0.15, 0.2) is 0 Å². The van der Waals surface area contributed by atoms with E-state index in [4.69, 9.17) is 4.74 Å². The van der Waals surface area contributed by atoms with E-state index in [1.54, 1.807) is 0 Å². The van der Waals surface area contributed by atoms with Crippen LogP contribution in [0.4, 0.5) is 0 Å². The molecule has 1 aromatic rings. The Bertz CT molecular complexity index is 440. The summed E-state index contributed by atoms with van der Waals surface area (Å²) >= 11 is 3.61. The Balaban J connectivity index is 1.96. The highest BCUT2D eigenvalue weighted by Gasteiger charge is 2.32. The van der Waals surface area contributed by atoms with Crippen molar-refractivity contribution in [1.29, 1.82) is 0 Å². The molecule has 3 heteroatoms. The van der Waals surface area contributed by atoms with E-state index in [1.807, 2.05) is 0 Å². The van der Waals surface area contributed by atoms with Crippen LogP contribution < -0.4 is 10.1 Å². The van der Waals surface area contributed by atoms with Crippen molar-refractivity contribution >= 4 is 15.9 Å². The molecule has 0 radical (unpaired) electrons. The normalized spacial score (nSPS) is 22.7. The van der Waals surface area contributed by atoms with Gasteiger partial charge in [0.05, 0.1) is 6.04 Å². The van der Waals surface area contributed by atoms with E-state index in [0.717, 1.165) is 22.9 Å². The summed E-state index contributed by atoms with van der Waals surface area (Å²) in [5.41, 5.74) is 2.64. The van der Waals surface area contributed by atoms with Crippen LogP contribution in [0, 0.1) is 0 Å². The van der Waals surface area contributed by atoms with Crippen LogP contribution in [0.1, 0.15) is 49.8 Å². The van der Waals surface area contributed by atoms with Gasteiger partial charge in [-0.15, -0.1) is 0 Å². The van der Waals surface area contributed by atoms with Crippen molar-refractivity contribution in [2.45, 2.75) is 44.7 Å². The second-order valence-corrected chi connectivity index (χ2v) is 6.29. The molecule has 1 unspecified atom stereocenters. The molecule has 0 amide bonds. The molecule has 1 heterocycles. The van der Waals surface area contributed by atoms with E-state index >= 15 is 0 Å². The minimum atomic E-state index is 0.382. The SMILES string of the molecule is CC(C)c1cc(Br)cc2c1OCC2NC1CC1. The molecular weight excluding hydrogens is 278 g/mol. The summed E-state index contributed by atoms with van der Waals surface area (Å²) in [7, 11) is 0. The van der Waals surface area contributed by atoms with E-state index in [1.165, 1.54) is 24.0 Å². The maximum Gasteiger partial charge on any atom is 0.127 e. The van der Waals surface area contributed by atoms with Gasteiger partial charge >= 0.3 is 0 Å². The minimum absolute atomic E-state index is 0.382. The summed E-state index contributed by atoms with van der Waals surface area (Å²) < 4.78 is 7.06. The second-order valence-electron chi connectivity index (χ2n) is 5.37. The standard InChI is InChI=1S/C14H18BrNO/c1-8(2)11-5-9(15)6-12-13(7-17-14(11)12)16-10-3-4-10/h5-6,8,10,13,16H,3-4,7H2,1-2H3. The molecule has 1 saturated carbocycles. The van der Waals surface area contributed by atoms with Gasteiger partial charge in [-0.1, -0.05) is 29.8 Å². The predicted molar refractivity (Wildman–Crippen MR) is 72.6 cm³/mol. The summed E-state index contributed by atoms with van der Waals surface area (Å²) in [5, 5.41) is 3.66. The van der Waals surface area contributed by atoms with Crippen molar-refractivity contribution in [3.05, 3.63) is 27.7 Å².